The number of carbonyl (C=O) groups is 1. The van der Waals surface area contributed by atoms with Crippen LogP contribution < -0.4 is 19.7 Å². The number of thioether (sulfide) groups is 1. The van der Waals surface area contributed by atoms with Crippen molar-refractivity contribution in [2.75, 3.05) is 33.2 Å². The second-order valence-electron chi connectivity index (χ2n) is 6.31. The highest BCUT2D eigenvalue weighted by Crippen LogP contribution is 2.27. The van der Waals surface area contributed by atoms with Crippen LogP contribution in [0.4, 0.5) is 5.69 Å². The molecule has 150 valence electrons. The fourth-order valence-corrected chi connectivity index (χ4v) is 3.34. The minimum Gasteiger partial charge on any atom is -0.497 e. The third-order valence-corrected chi connectivity index (χ3v) is 5.04. The lowest BCUT2D eigenvalue weighted by atomic mass is 10.2. The van der Waals surface area contributed by atoms with Gasteiger partial charge in [-0.1, -0.05) is 12.1 Å². The number of methoxy groups -OCH3 is 2. The zero-order valence-corrected chi connectivity index (χ0v) is 17.5. The van der Waals surface area contributed by atoms with E-state index in [0.717, 1.165) is 16.8 Å². The van der Waals surface area contributed by atoms with Crippen molar-refractivity contribution >= 4 is 40.8 Å². The zero-order chi connectivity index (χ0) is 20.8. The van der Waals surface area contributed by atoms with E-state index in [1.165, 1.54) is 11.8 Å². The standard InChI is InChI=1S/C21H22N4O3S/c1-25(2)16-8-5-14(6-9-16)11-19-20(26)23-21(29-19)24-22-13-15-7-10-17(27-3)12-18(15)28-4/h5-13H,1-4H3,(H,23,24,26). The average molecular weight is 410 g/mol. The van der Waals surface area contributed by atoms with Crippen molar-refractivity contribution < 1.29 is 14.3 Å². The van der Waals surface area contributed by atoms with E-state index in [4.69, 9.17) is 9.47 Å². The maximum atomic E-state index is 12.2. The number of benzene rings is 2. The van der Waals surface area contributed by atoms with Crippen LogP contribution in [0.5, 0.6) is 11.5 Å². The Morgan fingerprint density at radius 3 is 2.48 bits per heavy atom. The van der Waals surface area contributed by atoms with Crippen molar-refractivity contribution in [1.29, 1.82) is 0 Å². The molecule has 1 amide bonds. The normalized spacial score (nSPS) is 16.5. The van der Waals surface area contributed by atoms with Gasteiger partial charge < -0.3 is 14.4 Å². The quantitative estimate of drug-likeness (QED) is 0.449. The molecule has 3 rings (SSSR count). The Balaban J connectivity index is 1.71. The summed E-state index contributed by atoms with van der Waals surface area (Å²) in [5, 5.41) is 11.3. The SMILES string of the molecule is COc1ccc(C=N/N=C2\NC(=O)C(=Cc3ccc(N(C)C)cc3)S2)c(OC)c1. The minimum atomic E-state index is -0.192. The third-order valence-electron chi connectivity index (χ3n) is 4.14. The fraction of sp³-hybridized carbons (Fsp3) is 0.190. The highest BCUT2D eigenvalue weighted by Gasteiger charge is 2.23. The summed E-state index contributed by atoms with van der Waals surface area (Å²) in [6, 6.07) is 13.4. The number of ether oxygens (including phenoxy) is 2. The lowest BCUT2D eigenvalue weighted by Gasteiger charge is -2.11. The smallest absolute Gasteiger partial charge is 0.264 e. The van der Waals surface area contributed by atoms with Crippen LogP contribution in [0.3, 0.4) is 0 Å². The summed E-state index contributed by atoms with van der Waals surface area (Å²) >= 11 is 1.25. The number of rotatable bonds is 6. The summed E-state index contributed by atoms with van der Waals surface area (Å²) in [4.78, 5) is 14.8. The van der Waals surface area contributed by atoms with E-state index in [1.807, 2.05) is 61.5 Å². The summed E-state index contributed by atoms with van der Waals surface area (Å²) in [5.41, 5.74) is 2.80. The molecule has 0 spiro atoms. The van der Waals surface area contributed by atoms with Crippen LogP contribution in [-0.4, -0.2) is 45.6 Å². The van der Waals surface area contributed by atoms with Gasteiger partial charge in [-0.05, 0) is 47.7 Å². The first-order chi connectivity index (χ1) is 14.0. The first-order valence-corrected chi connectivity index (χ1v) is 9.63. The monoisotopic (exact) mass is 410 g/mol. The number of nitrogens with one attached hydrogen (secondary N) is 1. The van der Waals surface area contributed by atoms with Gasteiger partial charge in [-0.2, -0.15) is 5.10 Å². The molecule has 29 heavy (non-hydrogen) atoms. The maximum absolute atomic E-state index is 12.2. The largest absolute Gasteiger partial charge is 0.497 e. The van der Waals surface area contributed by atoms with Gasteiger partial charge in [-0.25, -0.2) is 0 Å². The molecule has 7 nitrogen and oxygen atoms in total. The molecule has 0 bridgehead atoms. The van der Waals surface area contributed by atoms with Gasteiger partial charge in [0.1, 0.15) is 11.5 Å². The van der Waals surface area contributed by atoms with E-state index < -0.39 is 0 Å². The van der Waals surface area contributed by atoms with Crippen LogP contribution in [0.1, 0.15) is 11.1 Å². The molecule has 1 fully saturated rings. The molecule has 0 aromatic heterocycles. The lowest BCUT2D eigenvalue weighted by molar-refractivity contribution is -0.115. The summed E-state index contributed by atoms with van der Waals surface area (Å²) < 4.78 is 10.5. The van der Waals surface area contributed by atoms with Gasteiger partial charge in [-0.15, -0.1) is 5.10 Å². The Kier molecular flexibility index (Phi) is 6.56. The Bertz CT molecular complexity index is 982. The van der Waals surface area contributed by atoms with E-state index in [2.05, 4.69) is 15.5 Å². The number of hydrogen-bond donors (Lipinski definition) is 1. The molecule has 0 saturated carbocycles. The van der Waals surface area contributed by atoms with Gasteiger partial charge in [0.15, 0.2) is 5.17 Å². The molecule has 0 radical (unpaired) electrons. The highest BCUT2D eigenvalue weighted by molar-refractivity contribution is 8.18. The van der Waals surface area contributed by atoms with Crippen LogP contribution in [0, 0.1) is 0 Å². The van der Waals surface area contributed by atoms with E-state index in [-0.39, 0.29) is 5.91 Å². The number of nitrogens with zero attached hydrogens (tertiary/aromatic N) is 3. The van der Waals surface area contributed by atoms with Crippen molar-refractivity contribution in [2.45, 2.75) is 0 Å². The first-order valence-electron chi connectivity index (χ1n) is 8.81. The number of hydrogen-bond acceptors (Lipinski definition) is 7. The number of amides is 1. The predicted octanol–water partition coefficient (Wildman–Crippen LogP) is 3.36. The topological polar surface area (TPSA) is 75.5 Å². The van der Waals surface area contributed by atoms with Gasteiger partial charge in [-0.3, -0.25) is 10.1 Å². The van der Waals surface area contributed by atoms with Crippen LogP contribution >= 0.6 is 11.8 Å². The van der Waals surface area contributed by atoms with Crippen molar-refractivity contribution in [3.63, 3.8) is 0 Å². The summed E-state index contributed by atoms with van der Waals surface area (Å²) in [7, 11) is 7.14. The second kappa shape index (κ2) is 9.29. The van der Waals surface area contributed by atoms with Crippen LogP contribution in [0.15, 0.2) is 57.6 Å². The van der Waals surface area contributed by atoms with E-state index in [0.29, 0.717) is 21.6 Å². The van der Waals surface area contributed by atoms with Crippen LogP contribution in [0.25, 0.3) is 6.08 Å². The van der Waals surface area contributed by atoms with E-state index >= 15 is 0 Å². The first kappa shape index (κ1) is 20.5. The molecule has 1 aliphatic heterocycles. The average Bonchev–Trinajstić information content (AvgIpc) is 3.07. The molecular weight excluding hydrogens is 388 g/mol. The maximum Gasteiger partial charge on any atom is 0.264 e. The molecule has 0 aliphatic carbocycles. The molecule has 2 aromatic carbocycles. The Morgan fingerprint density at radius 2 is 1.83 bits per heavy atom. The predicted molar refractivity (Wildman–Crippen MR) is 119 cm³/mol. The highest BCUT2D eigenvalue weighted by atomic mass is 32.2. The molecule has 1 saturated heterocycles. The van der Waals surface area contributed by atoms with E-state index in [1.54, 1.807) is 26.5 Å². The Hall–Kier alpha value is -3.26. The van der Waals surface area contributed by atoms with Gasteiger partial charge in [0.2, 0.25) is 0 Å². The minimum absolute atomic E-state index is 0.192. The molecule has 1 aliphatic rings. The third kappa shape index (κ3) is 5.17. The molecule has 0 unspecified atom stereocenters. The Labute approximate surface area is 174 Å². The molecular formula is C21H22N4O3S. The molecule has 8 heteroatoms. The lowest BCUT2D eigenvalue weighted by Crippen LogP contribution is -2.19. The van der Waals surface area contributed by atoms with Gasteiger partial charge >= 0.3 is 0 Å². The number of carbonyl (C=O) groups excluding carboxylic acids is 1. The molecule has 2 aromatic rings. The van der Waals surface area contributed by atoms with Crippen LogP contribution in [0.2, 0.25) is 0 Å². The number of amidine groups is 1. The van der Waals surface area contributed by atoms with Crippen molar-refractivity contribution in [2.24, 2.45) is 10.2 Å². The van der Waals surface area contributed by atoms with Crippen molar-refractivity contribution in [3.8, 4) is 11.5 Å². The summed E-state index contributed by atoms with van der Waals surface area (Å²) in [6.45, 7) is 0. The molecule has 0 atom stereocenters. The zero-order valence-electron chi connectivity index (χ0n) is 16.7. The van der Waals surface area contributed by atoms with Gasteiger partial charge in [0.25, 0.3) is 5.91 Å². The van der Waals surface area contributed by atoms with Gasteiger partial charge in [0, 0.05) is 31.4 Å². The summed E-state index contributed by atoms with van der Waals surface area (Å²) in [6.07, 6.45) is 3.40. The van der Waals surface area contributed by atoms with Crippen LogP contribution in [-0.2, 0) is 4.79 Å². The van der Waals surface area contributed by atoms with E-state index in [9.17, 15) is 4.79 Å². The van der Waals surface area contributed by atoms with Crippen molar-refractivity contribution in [3.05, 3.63) is 58.5 Å². The summed E-state index contributed by atoms with van der Waals surface area (Å²) in [5.74, 6) is 1.12. The second-order valence-corrected chi connectivity index (χ2v) is 7.34. The number of anilines is 1. The molecule has 1 heterocycles. The van der Waals surface area contributed by atoms with Crippen molar-refractivity contribution in [1.82, 2.24) is 5.32 Å². The fourth-order valence-electron chi connectivity index (χ4n) is 2.56. The Morgan fingerprint density at radius 1 is 1.07 bits per heavy atom. The van der Waals surface area contributed by atoms with Gasteiger partial charge in [0.05, 0.1) is 25.3 Å². The molecule has 1 N–H and O–H groups in total.